The van der Waals surface area contributed by atoms with Gasteiger partial charge >= 0.3 is 6.03 Å². The number of imide groups is 1. The Labute approximate surface area is 162 Å². The van der Waals surface area contributed by atoms with Crippen molar-refractivity contribution in [3.05, 3.63) is 29.8 Å². The standard InChI is InChI=1S/C19H24N4O3S/c1-12-6-5-8-14(10-12)17-22-23-19(26-17)27-11-16(24)21-18(25)20-15-9-4-3-7-13(15)2/h5-6,8,10,13,15H,3-4,7,9,11H2,1-2H3,(H2,20,21,24,25)/t13-,15-/m0/s1. The van der Waals surface area contributed by atoms with Gasteiger partial charge in [-0.25, -0.2) is 4.79 Å². The van der Waals surface area contributed by atoms with Crippen molar-refractivity contribution in [2.45, 2.75) is 50.8 Å². The molecule has 0 radical (unpaired) electrons. The number of thioether (sulfide) groups is 1. The molecule has 1 aromatic carbocycles. The normalized spacial score (nSPS) is 19.5. The minimum absolute atomic E-state index is 0.0308. The first kappa shape index (κ1) is 19.4. The van der Waals surface area contributed by atoms with Gasteiger partial charge in [0.05, 0.1) is 5.75 Å². The minimum Gasteiger partial charge on any atom is -0.411 e. The number of nitrogens with one attached hydrogen (secondary N) is 2. The van der Waals surface area contributed by atoms with Crippen molar-refractivity contribution < 1.29 is 14.0 Å². The zero-order valence-electron chi connectivity index (χ0n) is 15.5. The second-order valence-electron chi connectivity index (χ2n) is 6.92. The Morgan fingerprint density at radius 1 is 1.26 bits per heavy atom. The van der Waals surface area contributed by atoms with Crippen LogP contribution in [0.1, 0.15) is 38.2 Å². The van der Waals surface area contributed by atoms with E-state index in [1.807, 2.05) is 31.2 Å². The van der Waals surface area contributed by atoms with Gasteiger partial charge in [-0.1, -0.05) is 49.2 Å². The van der Waals surface area contributed by atoms with Crippen LogP contribution in [0.5, 0.6) is 0 Å². The molecule has 0 aliphatic heterocycles. The molecule has 0 unspecified atom stereocenters. The fourth-order valence-corrected chi connectivity index (χ4v) is 3.75. The van der Waals surface area contributed by atoms with Crippen LogP contribution in [0.25, 0.3) is 11.5 Å². The number of nitrogens with zero attached hydrogens (tertiary/aromatic N) is 2. The predicted octanol–water partition coefficient (Wildman–Crippen LogP) is 3.54. The Morgan fingerprint density at radius 2 is 2.07 bits per heavy atom. The summed E-state index contributed by atoms with van der Waals surface area (Å²) in [5.74, 6) is 0.484. The van der Waals surface area contributed by atoms with Gasteiger partial charge < -0.3 is 9.73 Å². The smallest absolute Gasteiger partial charge is 0.321 e. The molecule has 2 aromatic rings. The molecule has 1 aliphatic carbocycles. The third-order valence-electron chi connectivity index (χ3n) is 4.68. The van der Waals surface area contributed by atoms with Crippen LogP contribution in [0.4, 0.5) is 4.79 Å². The number of aromatic nitrogens is 2. The lowest BCUT2D eigenvalue weighted by Gasteiger charge is -2.29. The number of hydrogen-bond donors (Lipinski definition) is 2. The van der Waals surface area contributed by atoms with E-state index in [9.17, 15) is 9.59 Å². The molecule has 1 saturated carbocycles. The van der Waals surface area contributed by atoms with E-state index < -0.39 is 11.9 Å². The third kappa shape index (κ3) is 5.56. The summed E-state index contributed by atoms with van der Waals surface area (Å²) in [7, 11) is 0. The molecule has 0 saturated heterocycles. The van der Waals surface area contributed by atoms with Crippen molar-refractivity contribution in [1.29, 1.82) is 0 Å². The minimum atomic E-state index is -0.440. The molecule has 1 fully saturated rings. The van der Waals surface area contributed by atoms with E-state index in [4.69, 9.17) is 4.42 Å². The number of amides is 3. The van der Waals surface area contributed by atoms with Gasteiger partial charge in [-0.15, -0.1) is 10.2 Å². The van der Waals surface area contributed by atoms with Gasteiger partial charge in [0, 0.05) is 11.6 Å². The summed E-state index contributed by atoms with van der Waals surface area (Å²) in [6, 6.07) is 7.43. The van der Waals surface area contributed by atoms with E-state index in [2.05, 4.69) is 27.8 Å². The maximum absolute atomic E-state index is 12.0. The molecule has 8 heteroatoms. The van der Waals surface area contributed by atoms with Crippen molar-refractivity contribution in [1.82, 2.24) is 20.8 Å². The third-order valence-corrected chi connectivity index (χ3v) is 5.50. The second-order valence-corrected chi connectivity index (χ2v) is 7.85. The van der Waals surface area contributed by atoms with Crippen LogP contribution in [-0.4, -0.2) is 33.9 Å². The van der Waals surface area contributed by atoms with Gasteiger partial charge in [0.15, 0.2) is 0 Å². The summed E-state index contributed by atoms with van der Waals surface area (Å²) in [6.07, 6.45) is 4.38. The lowest BCUT2D eigenvalue weighted by atomic mass is 9.86. The molecule has 2 atom stereocenters. The van der Waals surface area contributed by atoms with Crippen LogP contribution in [0.15, 0.2) is 33.9 Å². The van der Waals surface area contributed by atoms with E-state index >= 15 is 0 Å². The molecule has 27 heavy (non-hydrogen) atoms. The maximum Gasteiger partial charge on any atom is 0.321 e. The Morgan fingerprint density at radius 3 is 2.85 bits per heavy atom. The van der Waals surface area contributed by atoms with Crippen LogP contribution in [-0.2, 0) is 4.79 Å². The molecule has 1 heterocycles. The fourth-order valence-electron chi connectivity index (χ4n) is 3.19. The Kier molecular flexibility index (Phi) is 6.49. The van der Waals surface area contributed by atoms with Crippen molar-refractivity contribution in [2.75, 3.05) is 5.75 Å². The first-order chi connectivity index (χ1) is 13.0. The topological polar surface area (TPSA) is 97.1 Å². The van der Waals surface area contributed by atoms with Crippen LogP contribution in [0.3, 0.4) is 0 Å². The summed E-state index contributed by atoms with van der Waals surface area (Å²) in [5.41, 5.74) is 1.93. The molecule has 2 N–H and O–H groups in total. The first-order valence-electron chi connectivity index (χ1n) is 9.15. The highest BCUT2D eigenvalue weighted by atomic mass is 32.2. The second kappa shape index (κ2) is 9.03. The molecule has 1 aliphatic rings. The van der Waals surface area contributed by atoms with E-state index in [-0.39, 0.29) is 11.8 Å². The van der Waals surface area contributed by atoms with Crippen LogP contribution in [0, 0.1) is 12.8 Å². The number of urea groups is 1. The van der Waals surface area contributed by atoms with Gasteiger partial charge in [-0.3, -0.25) is 10.1 Å². The molecule has 144 valence electrons. The number of rotatable bonds is 5. The Bertz CT molecular complexity index is 808. The maximum atomic E-state index is 12.0. The van der Waals surface area contributed by atoms with Gasteiger partial charge in [0.2, 0.25) is 11.8 Å². The molecular formula is C19H24N4O3S. The largest absolute Gasteiger partial charge is 0.411 e. The predicted molar refractivity (Wildman–Crippen MR) is 103 cm³/mol. The van der Waals surface area contributed by atoms with E-state index in [0.29, 0.717) is 17.0 Å². The Balaban J connectivity index is 1.46. The highest BCUT2D eigenvalue weighted by Crippen LogP contribution is 2.24. The monoisotopic (exact) mass is 388 g/mol. The van der Waals surface area contributed by atoms with Gasteiger partial charge in [-0.05, 0) is 37.8 Å². The molecule has 0 spiro atoms. The van der Waals surface area contributed by atoms with Gasteiger partial charge in [-0.2, -0.15) is 0 Å². The average molecular weight is 388 g/mol. The number of carbonyl (C=O) groups is 2. The lowest BCUT2D eigenvalue weighted by Crippen LogP contribution is -2.48. The van der Waals surface area contributed by atoms with E-state index in [1.54, 1.807) is 0 Å². The van der Waals surface area contributed by atoms with Crippen LogP contribution >= 0.6 is 11.8 Å². The zero-order chi connectivity index (χ0) is 19.2. The summed E-state index contributed by atoms with van der Waals surface area (Å²) in [5, 5.41) is 13.5. The fraction of sp³-hybridized carbons (Fsp3) is 0.474. The number of benzene rings is 1. The van der Waals surface area contributed by atoms with Gasteiger partial charge in [0.25, 0.3) is 5.22 Å². The highest BCUT2D eigenvalue weighted by molar-refractivity contribution is 7.99. The number of aryl methyl sites for hydroxylation is 1. The summed E-state index contributed by atoms with van der Waals surface area (Å²) in [4.78, 5) is 24.0. The van der Waals surface area contributed by atoms with Crippen molar-refractivity contribution in [3.8, 4) is 11.5 Å². The van der Waals surface area contributed by atoms with Crippen LogP contribution < -0.4 is 10.6 Å². The van der Waals surface area contributed by atoms with E-state index in [0.717, 1.165) is 42.2 Å². The highest BCUT2D eigenvalue weighted by Gasteiger charge is 2.23. The Hall–Kier alpha value is -2.35. The van der Waals surface area contributed by atoms with Crippen LogP contribution in [0.2, 0.25) is 0 Å². The SMILES string of the molecule is Cc1cccc(-c2nnc(SCC(=O)NC(=O)N[C@H]3CCCC[C@@H]3C)o2)c1. The molecule has 0 bridgehead atoms. The van der Waals surface area contributed by atoms with E-state index in [1.165, 1.54) is 6.42 Å². The molecular weight excluding hydrogens is 364 g/mol. The lowest BCUT2D eigenvalue weighted by molar-refractivity contribution is -0.117. The summed E-state index contributed by atoms with van der Waals surface area (Å²) in [6.45, 7) is 4.11. The molecule has 1 aromatic heterocycles. The average Bonchev–Trinajstić information content (AvgIpc) is 3.11. The molecule has 3 amide bonds. The zero-order valence-corrected chi connectivity index (χ0v) is 16.3. The summed E-state index contributed by atoms with van der Waals surface area (Å²) >= 11 is 1.10. The van der Waals surface area contributed by atoms with Crippen molar-refractivity contribution in [2.24, 2.45) is 5.92 Å². The molecule has 7 nitrogen and oxygen atoms in total. The van der Waals surface area contributed by atoms with Crippen molar-refractivity contribution >= 4 is 23.7 Å². The first-order valence-corrected chi connectivity index (χ1v) is 10.1. The summed E-state index contributed by atoms with van der Waals surface area (Å²) < 4.78 is 5.58. The van der Waals surface area contributed by atoms with Crippen molar-refractivity contribution in [3.63, 3.8) is 0 Å². The van der Waals surface area contributed by atoms with Gasteiger partial charge in [0.1, 0.15) is 0 Å². The molecule has 3 rings (SSSR count). The number of hydrogen-bond acceptors (Lipinski definition) is 6. The quantitative estimate of drug-likeness (QED) is 0.761. The number of carbonyl (C=O) groups excluding carboxylic acids is 2.